The van der Waals surface area contributed by atoms with Gasteiger partial charge in [0.1, 0.15) is 11.6 Å². The maximum atomic E-state index is 11.8. The second-order valence-electron chi connectivity index (χ2n) is 4.95. The molecule has 6 heteroatoms. The second-order valence-corrected chi connectivity index (χ2v) is 4.95. The van der Waals surface area contributed by atoms with Crippen molar-refractivity contribution in [2.75, 3.05) is 39.3 Å². The van der Waals surface area contributed by atoms with Gasteiger partial charge in [-0.2, -0.15) is 5.26 Å². The number of nitrogens with zero attached hydrogens (tertiary/aromatic N) is 3. The summed E-state index contributed by atoms with van der Waals surface area (Å²) in [7, 11) is 0. The van der Waals surface area contributed by atoms with Gasteiger partial charge in [0, 0.05) is 51.5 Å². The van der Waals surface area contributed by atoms with Gasteiger partial charge < -0.3 is 16.0 Å². The molecule has 1 fully saturated rings. The molecule has 0 aliphatic carbocycles. The van der Waals surface area contributed by atoms with Crippen molar-refractivity contribution in [3.05, 3.63) is 11.8 Å². The Kier molecular flexibility index (Phi) is 6.33. The summed E-state index contributed by atoms with van der Waals surface area (Å²) in [5.74, 6) is -0.304. The maximum absolute atomic E-state index is 11.8. The van der Waals surface area contributed by atoms with Crippen LogP contribution in [-0.4, -0.2) is 61.0 Å². The van der Waals surface area contributed by atoms with Gasteiger partial charge in [-0.15, -0.1) is 0 Å². The number of carbonyl (C=O) groups excluding carboxylic acids is 1. The zero-order valence-corrected chi connectivity index (χ0v) is 11.7. The third-order valence-corrected chi connectivity index (χ3v) is 2.95. The van der Waals surface area contributed by atoms with Crippen molar-refractivity contribution < 1.29 is 4.79 Å². The maximum Gasteiger partial charge on any atom is 0.263 e. The van der Waals surface area contributed by atoms with Crippen LogP contribution in [0.1, 0.15) is 13.8 Å². The van der Waals surface area contributed by atoms with Crippen LogP contribution in [0.15, 0.2) is 11.8 Å². The Labute approximate surface area is 114 Å². The molecular weight excluding hydrogens is 242 g/mol. The van der Waals surface area contributed by atoms with E-state index in [1.54, 1.807) is 6.20 Å². The first-order valence-electron chi connectivity index (χ1n) is 6.66. The highest BCUT2D eigenvalue weighted by atomic mass is 16.1. The van der Waals surface area contributed by atoms with Crippen molar-refractivity contribution in [3.8, 4) is 6.07 Å². The highest BCUT2D eigenvalue weighted by Crippen LogP contribution is 2.05. The van der Waals surface area contributed by atoms with Crippen LogP contribution in [0.2, 0.25) is 0 Å². The van der Waals surface area contributed by atoms with E-state index >= 15 is 0 Å². The lowest BCUT2D eigenvalue weighted by Crippen LogP contribution is -2.46. The first-order chi connectivity index (χ1) is 9.06. The number of carbonyl (C=O) groups is 1. The lowest BCUT2D eigenvalue weighted by molar-refractivity contribution is -0.117. The van der Waals surface area contributed by atoms with Crippen molar-refractivity contribution >= 4 is 5.91 Å². The lowest BCUT2D eigenvalue weighted by Gasteiger charge is -2.33. The van der Waals surface area contributed by atoms with E-state index in [1.165, 1.54) is 0 Å². The molecule has 0 aromatic carbocycles. The fourth-order valence-corrected chi connectivity index (χ4v) is 1.96. The summed E-state index contributed by atoms with van der Waals surface area (Å²) in [5, 5.41) is 11.8. The summed E-state index contributed by atoms with van der Waals surface area (Å²) in [6.45, 7) is 8.78. The molecule has 0 unspecified atom stereocenters. The van der Waals surface area contributed by atoms with Gasteiger partial charge in [-0.3, -0.25) is 9.69 Å². The minimum absolute atomic E-state index is 0.0330. The molecule has 0 bridgehead atoms. The van der Waals surface area contributed by atoms with Crippen LogP contribution in [0.4, 0.5) is 0 Å². The van der Waals surface area contributed by atoms with E-state index in [-0.39, 0.29) is 17.5 Å². The van der Waals surface area contributed by atoms with Crippen molar-refractivity contribution in [3.63, 3.8) is 0 Å². The fraction of sp³-hybridized carbons (Fsp3) is 0.692. The summed E-state index contributed by atoms with van der Waals surface area (Å²) < 4.78 is 0. The summed E-state index contributed by atoms with van der Waals surface area (Å²) in [6, 6.07) is 2.00. The van der Waals surface area contributed by atoms with Crippen molar-refractivity contribution in [1.29, 1.82) is 5.26 Å². The van der Waals surface area contributed by atoms with E-state index in [0.29, 0.717) is 6.54 Å². The molecule has 1 amide bonds. The third-order valence-electron chi connectivity index (χ3n) is 2.95. The summed E-state index contributed by atoms with van der Waals surface area (Å²) >= 11 is 0. The smallest absolute Gasteiger partial charge is 0.263 e. The standard InChI is InChI=1S/C13H23N5O/c1-11(2)16-13(19)12(9-15)10-18-7-5-17(4-3-14)6-8-18/h10-11H,3-8,14H2,1-2H3,(H,16,19)/b12-10-. The van der Waals surface area contributed by atoms with Crippen molar-refractivity contribution in [2.45, 2.75) is 19.9 Å². The van der Waals surface area contributed by atoms with E-state index < -0.39 is 0 Å². The van der Waals surface area contributed by atoms with Gasteiger partial charge in [-0.05, 0) is 13.8 Å². The Morgan fingerprint density at radius 1 is 1.42 bits per heavy atom. The molecule has 1 rings (SSSR count). The predicted molar refractivity (Wildman–Crippen MR) is 74.0 cm³/mol. The van der Waals surface area contributed by atoms with Gasteiger partial charge in [0.05, 0.1) is 0 Å². The molecule has 1 aliphatic rings. The zero-order chi connectivity index (χ0) is 14.3. The third kappa shape index (κ3) is 5.28. The molecule has 1 saturated heterocycles. The van der Waals surface area contributed by atoms with Crippen LogP contribution in [-0.2, 0) is 4.79 Å². The number of hydrogen-bond acceptors (Lipinski definition) is 5. The molecule has 0 aromatic heterocycles. The van der Waals surface area contributed by atoms with E-state index in [9.17, 15) is 4.79 Å². The van der Waals surface area contributed by atoms with E-state index in [1.807, 2.05) is 24.8 Å². The molecule has 0 spiro atoms. The number of hydrogen-bond donors (Lipinski definition) is 2. The topological polar surface area (TPSA) is 85.4 Å². The van der Waals surface area contributed by atoms with Gasteiger partial charge in [0.15, 0.2) is 0 Å². The molecule has 0 atom stereocenters. The zero-order valence-electron chi connectivity index (χ0n) is 11.7. The molecule has 1 aliphatic heterocycles. The molecular formula is C13H23N5O. The van der Waals surface area contributed by atoms with Crippen LogP contribution in [0.3, 0.4) is 0 Å². The normalized spacial score (nSPS) is 17.4. The number of piperazine rings is 1. The van der Waals surface area contributed by atoms with Crippen LogP contribution in [0.25, 0.3) is 0 Å². The van der Waals surface area contributed by atoms with Crippen LogP contribution in [0, 0.1) is 11.3 Å². The number of nitrogens with two attached hydrogens (primary N) is 1. The van der Waals surface area contributed by atoms with E-state index in [2.05, 4.69) is 10.2 Å². The van der Waals surface area contributed by atoms with Crippen molar-refractivity contribution in [1.82, 2.24) is 15.1 Å². The highest BCUT2D eigenvalue weighted by molar-refractivity contribution is 5.97. The lowest BCUT2D eigenvalue weighted by atomic mass is 10.2. The van der Waals surface area contributed by atoms with Crippen LogP contribution < -0.4 is 11.1 Å². The number of amides is 1. The van der Waals surface area contributed by atoms with Gasteiger partial charge in [0.25, 0.3) is 5.91 Å². The number of nitrogens with one attached hydrogen (secondary N) is 1. The minimum atomic E-state index is -0.304. The highest BCUT2D eigenvalue weighted by Gasteiger charge is 2.16. The molecule has 0 aromatic rings. The SMILES string of the molecule is CC(C)NC(=O)/C(C#N)=C\N1CCN(CCN)CC1. The minimum Gasteiger partial charge on any atom is -0.374 e. The van der Waals surface area contributed by atoms with E-state index in [4.69, 9.17) is 11.0 Å². The van der Waals surface area contributed by atoms with Gasteiger partial charge in [0.2, 0.25) is 0 Å². The summed E-state index contributed by atoms with van der Waals surface area (Å²) in [4.78, 5) is 16.1. The average molecular weight is 265 g/mol. The first-order valence-corrected chi connectivity index (χ1v) is 6.66. The fourth-order valence-electron chi connectivity index (χ4n) is 1.96. The molecule has 3 N–H and O–H groups in total. The van der Waals surface area contributed by atoms with Gasteiger partial charge >= 0.3 is 0 Å². The number of rotatable bonds is 5. The Balaban J connectivity index is 2.54. The monoisotopic (exact) mass is 265 g/mol. The van der Waals surface area contributed by atoms with Gasteiger partial charge in [-0.1, -0.05) is 0 Å². The Morgan fingerprint density at radius 3 is 2.53 bits per heavy atom. The molecule has 19 heavy (non-hydrogen) atoms. The van der Waals surface area contributed by atoms with E-state index in [0.717, 1.165) is 32.7 Å². The molecule has 0 radical (unpaired) electrons. The largest absolute Gasteiger partial charge is 0.374 e. The molecule has 1 heterocycles. The first kappa shape index (κ1) is 15.5. The average Bonchev–Trinajstić information content (AvgIpc) is 2.37. The van der Waals surface area contributed by atoms with Crippen LogP contribution >= 0.6 is 0 Å². The Morgan fingerprint density at radius 2 is 2.05 bits per heavy atom. The molecule has 6 nitrogen and oxygen atoms in total. The van der Waals surface area contributed by atoms with Gasteiger partial charge in [-0.25, -0.2) is 0 Å². The quantitative estimate of drug-likeness (QED) is 0.517. The second kappa shape index (κ2) is 7.77. The Bertz CT molecular complexity index is 364. The summed E-state index contributed by atoms with van der Waals surface area (Å²) in [5.41, 5.74) is 5.69. The molecule has 0 saturated carbocycles. The van der Waals surface area contributed by atoms with Crippen molar-refractivity contribution in [2.24, 2.45) is 5.73 Å². The molecule has 106 valence electrons. The van der Waals surface area contributed by atoms with Crippen LogP contribution in [0.5, 0.6) is 0 Å². The number of nitriles is 1. The predicted octanol–water partition coefficient (Wildman–Crippen LogP) is -0.505. The Hall–Kier alpha value is -1.58. The summed E-state index contributed by atoms with van der Waals surface area (Å²) in [6.07, 6.45) is 1.66.